The number of aliphatic hydroxyl groups is 1. The summed E-state index contributed by atoms with van der Waals surface area (Å²) in [7, 11) is 0. The fraction of sp³-hybridized carbons (Fsp3) is 0.857. The molecule has 0 spiro atoms. The summed E-state index contributed by atoms with van der Waals surface area (Å²) in [6, 6.07) is 0.287. The van der Waals surface area contributed by atoms with Crippen molar-refractivity contribution >= 4 is 5.91 Å². The maximum absolute atomic E-state index is 11.0. The van der Waals surface area contributed by atoms with Crippen molar-refractivity contribution in [3.8, 4) is 0 Å². The van der Waals surface area contributed by atoms with Gasteiger partial charge in [0.15, 0.2) is 0 Å². The topological polar surface area (TPSA) is 40.5 Å². The molecule has 3 nitrogen and oxygen atoms in total. The largest absolute Gasteiger partial charge is 0.395 e. The zero-order chi connectivity index (χ0) is 7.72. The third kappa shape index (κ3) is 1.01. The molecule has 58 valence electrons. The van der Waals surface area contributed by atoms with Crippen molar-refractivity contribution in [2.75, 3.05) is 13.2 Å². The summed E-state index contributed by atoms with van der Waals surface area (Å²) in [6.45, 7) is 4.69. The Kier molecular flexibility index (Phi) is 1.94. The zero-order valence-corrected chi connectivity index (χ0v) is 6.37. The zero-order valence-electron chi connectivity index (χ0n) is 6.37. The average molecular weight is 143 g/mol. The first-order chi connectivity index (χ1) is 4.66. The second-order valence-electron chi connectivity index (χ2n) is 2.96. The SMILES string of the molecule is CC(C)N1CC(CO)C1=O. The molecule has 3 heteroatoms. The lowest BCUT2D eigenvalue weighted by atomic mass is 9.98. The number of nitrogens with zero attached hydrogens (tertiary/aromatic N) is 1. The number of β-lactam (4-membered cyclic amide) rings is 1. The van der Waals surface area contributed by atoms with Gasteiger partial charge in [0.25, 0.3) is 0 Å². The molecule has 0 radical (unpaired) electrons. The van der Waals surface area contributed by atoms with Crippen molar-refractivity contribution in [3.63, 3.8) is 0 Å². The number of rotatable bonds is 2. The average Bonchev–Trinajstić information content (AvgIpc) is 1.85. The Morgan fingerprint density at radius 1 is 1.80 bits per heavy atom. The molecule has 1 saturated heterocycles. The van der Waals surface area contributed by atoms with Crippen LogP contribution >= 0.6 is 0 Å². The lowest BCUT2D eigenvalue weighted by Gasteiger charge is -2.40. The molecule has 1 aliphatic rings. The predicted octanol–water partition coefficient (Wildman–Crippen LogP) is -0.155. The van der Waals surface area contributed by atoms with Gasteiger partial charge in [-0.3, -0.25) is 4.79 Å². The summed E-state index contributed by atoms with van der Waals surface area (Å²) < 4.78 is 0. The Bertz CT molecular complexity index is 145. The van der Waals surface area contributed by atoms with Gasteiger partial charge in [0, 0.05) is 12.6 Å². The molecule has 1 amide bonds. The van der Waals surface area contributed by atoms with Crippen LogP contribution in [0.4, 0.5) is 0 Å². The highest BCUT2D eigenvalue weighted by Gasteiger charge is 2.36. The van der Waals surface area contributed by atoms with Gasteiger partial charge in [0.05, 0.1) is 12.5 Å². The molecular formula is C7H13NO2. The van der Waals surface area contributed by atoms with Crippen LogP contribution in [0.15, 0.2) is 0 Å². The summed E-state index contributed by atoms with van der Waals surface area (Å²) in [5.74, 6) is -0.0140. The van der Waals surface area contributed by atoms with E-state index in [1.807, 2.05) is 13.8 Å². The van der Waals surface area contributed by atoms with Crippen LogP contribution in [-0.2, 0) is 4.79 Å². The number of likely N-dealkylation sites (tertiary alicyclic amines) is 1. The Morgan fingerprint density at radius 2 is 2.40 bits per heavy atom. The number of hydrogen-bond acceptors (Lipinski definition) is 2. The van der Waals surface area contributed by atoms with E-state index in [1.54, 1.807) is 4.90 Å². The van der Waals surface area contributed by atoms with Gasteiger partial charge >= 0.3 is 0 Å². The minimum atomic E-state index is -0.109. The first-order valence-electron chi connectivity index (χ1n) is 3.58. The molecule has 0 bridgehead atoms. The molecule has 0 aromatic rings. The van der Waals surface area contributed by atoms with Gasteiger partial charge in [-0.1, -0.05) is 0 Å². The van der Waals surface area contributed by atoms with E-state index in [9.17, 15) is 4.79 Å². The van der Waals surface area contributed by atoms with Crippen molar-refractivity contribution in [2.45, 2.75) is 19.9 Å². The minimum Gasteiger partial charge on any atom is -0.395 e. The van der Waals surface area contributed by atoms with Gasteiger partial charge in [-0.25, -0.2) is 0 Å². The number of carbonyl (C=O) groups is 1. The molecule has 0 saturated carbocycles. The molecular weight excluding hydrogens is 130 g/mol. The molecule has 1 aliphatic heterocycles. The van der Waals surface area contributed by atoms with Crippen LogP contribution < -0.4 is 0 Å². The van der Waals surface area contributed by atoms with Crippen molar-refractivity contribution in [1.29, 1.82) is 0 Å². The molecule has 0 aliphatic carbocycles. The predicted molar refractivity (Wildman–Crippen MR) is 37.4 cm³/mol. The van der Waals surface area contributed by atoms with Gasteiger partial charge < -0.3 is 10.0 Å². The Hall–Kier alpha value is -0.570. The first-order valence-corrected chi connectivity index (χ1v) is 3.58. The smallest absolute Gasteiger partial charge is 0.230 e. The molecule has 1 heterocycles. The van der Waals surface area contributed by atoms with Gasteiger partial charge in [-0.15, -0.1) is 0 Å². The third-order valence-corrected chi connectivity index (χ3v) is 1.89. The molecule has 1 rings (SSSR count). The second kappa shape index (κ2) is 2.58. The Morgan fingerprint density at radius 3 is 2.70 bits per heavy atom. The fourth-order valence-corrected chi connectivity index (χ4v) is 1.13. The van der Waals surface area contributed by atoms with E-state index in [2.05, 4.69) is 0 Å². The highest BCUT2D eigenvalue weighted by Crippen LogP contribution is 2.19. The normalized spacial score (nSPS) is 25.4. The number of hydrogen-bond donors (Lipinski definition) is 1. The highest BCUT2D eigenvalue weighted by molar-refractivity contribution is 5.84. The van der Waals surface area contributed by atoms with Crippen LogP contribution in [0.3, 0.4) is 0 Å². The van der Waals surface area contributed by atoms with E-state index in [0.717, 1.165) is 6.54 Å². The Balaban J connectivity index is 2.39. The summed E-state index contributed by atoms with van der Waals surface area (Å²) in [5.41, 5.74) is 0. The van der Waals surface area contributed by atoms with Gasteiger partial charge in [0.1, 0.15) is 0 Å². The molecule has 1 fully saturated rings. The second-order valence-corrected chi connectivity index (χ2v) is 2.96. The lowest BCUT2D eigenvalue weighted by Crippen LogP contribution is -2.56. The van der Waals surface area contributed by atoms with Gasteiger partial charge in [-0.05, 0) is 13.8 Å². The van der Waals surface area contributed by atoms with E-state index in [-0.39, 0.29) is 24.5 Å². The maximum atomic E-state index is 11.0. The van der Waals surface area contributed by atoms with Crippen molar-refractivity contribution in [3.05, 3.63) is 0 Å². The van der Waals surface area contributed by atoms with Crippen LogP contribution in [0, 0.1) is 5.92 Å². The Labute approximate surface area is 60.6 Å². The van der Waals surface area contributed by atoms with Gasteiger partial charge in [0.2, 0.25) is 5.91 Å². The van der Waals surface area contributed by atoms with Crippen molar-refractivity contribution in [1.82, 2.24) is 4.90 Å². The summed E-state index contributed by atoms with van der Waals surface area (Å²) in [6.07, 6.45) is 0. The number of carbonyl (C=O) groups excluding carboxylic acids is 1. The van der Waals surface area contributed by atoms with E-state index in [4.69, 9.17) is 5.11 Å². The van der Waals surface area contributed by atoms with E-state index in [0.29, 0.717) is 0 Å². The first kappa shape index (κ1) is 7.54. The number of amides is 1. The highest BCUT2D eigenvalue weighted by atomic mass is 16.3. The van der Waals surface area contributed by atoms with Gasteiger partial charge in [-0.2, -0.15) is 0 Å². The van der Waals surface area contributed by atoms with Crippen molar-refractivity contribution in [2.24, 2.45) is 5.92 Å². The van der Waals surface area contributed by atoms with Crippen LogP contribution in [-0.4, -0.2) is 35.1 Å². The summed E-state index contributed by atoms with van der Waals surface area (Å²) in [4.78, 5) is 12.8. The molecule has 0 aromatic carbocycles. The van der Waals surface area contributed by atoms with Crippen molar-refractivity contribution < 1.29 is 9.90 Å². The minimum absolute atomic E-state index is 0.00204. The van der Waals surface area contributed by atoms with Crippen LogP contribution in [0.1, 0.15) is 13.8 Å². The van der Waals surface area contributed by atoms with E-state index in [1.165, 1.54) is 0 Å². The molecule has 1 N–H and O–H groups in total. The summed E-state index contributed by atoms with van der Waals surface area (Å²) in [5, 5.41) is 8.61. The molecule has 10 heavy (non-hydrogen) atoms. The van der Waals surface area contributed by atoms with E-state index >= 15 is 0 Å². The lowest BCUT2D eigenvalue weighted by molar-refractivity contribution is -0.152. The van der Waals surface area contributed by atoms with E-state index < -0.39 is 0 Å². The quantitative estimate of drug-likeness (QED) is 0.546. The van der Waals surface area contributed by atoms with Crippen LogP contribution in [0.2, 0.25) is 0 Å². The standard InChI is InChI=1S/C7H13NO2/c1-5(2)8-3-6(4-9)7(8)10/h5-6,9H,3-4H2,1-2H3. The third-order valence-electron chi connectivity index (χ3n) is 1.89. The van der Waals surface area contributed by atoms with Crippen LogP contribution in [0.25, 0.3) is 0 Å². The molecule has 1 unspecified atom stereocenters. The molecule has 1 atom stereocenters. The monoisotopic (exact) mass is 143 g/mol. The summed E-state index contributed by atoms with van der Waals surface area (Å²) >= 11 is 0. The maximum Gasteiger partial charge on any atom is 0.230 e. The fourth-order valence-electron chi connectivity index (χ4n) is 1.13. The number of aliphatic hydroxyl groups excluding tert-OH is 1. The van der Waals surface area contributed by atoms with Crippen LogP contribution in [0.5, 0.6) is 0 Å². The molecule has 0 aromatic heterocycles.